The van der Waals surface area contributed by atoms with Gasteiger partial charge >= 0.3 is 7.05 Å². The smallest absolute Gasteiger partial charge is 0.383 e. The summed E-state index contributed by atoms with van der Waals surface area (Å²) < 4.78 is 9.72. The second-order valence-corrected chi connectivity index (χ2v) is 18.3. The third-order valence-corrected chi connectivity index (χ3v) is 15.2. The maximum atomic E-state index is 6.80. The fraction of sp³-hybridized carbons (Fsp3) is 1.00. The van der Waals surface area contributed by atoms with E-state index in [9.17, 15) is 0 Å². The average Bonchev–Trinajstić information content (AvgIpc) is 2.75. The molecule has 2 atom stereocenters. The van der Waals surface area contributed by atoms with Crippen LogP contribution in [0.5, 0.6) is 0 Å². The fourth-order valence-electron chi connectivity index (χ4n) is 6.12. The van der Waals surface area contributed by atoms with Crippen LogP contribution < -0.4 is 0 Å². The normalized spacial score (nSPS) is 23.4. The Kier molecular flexibility index (Phi) is 12.9. The first kappa shape index (κ1) is 29.7. The highest BCUT2D eigenvalue weighted by atomic mass is 35.5. The van der Waals surface area contributed by atoms with Crippen molar-refractivity contribution in [2.24, 2.45) is 0 Å². The third kappa shape index (κ3) is 7.74. The molecular weight excluding hydrogens is 441 g/mol. The van der Waals surface area contributed by atoms with Crippen LogP contribution in [-0.2, 0) is 4.65 Å². The van der Waals surface area contributed by atoms with Crippen molar-refractivity contribution in [1.29, 1.82) is 0 Å². The van der Waals surface area contributed by atoms with Crippen molar-refractivity contribution >= 4 is 26.9 Å². The van der Waals surface area contributed by atoms with Gasteiger partial charge in [-0.2, -0.15) is 0 Å². The minimum Gasteiger partial charge on any atom is -0.421 e. The van der Waals surface area contributed by atoms with Gasteiger partial charge in [0, 0.05) is 17.8 Å². The lowest BCUT2D eigenvalue weighted by Gasteiger charge is -2.73. The molecule has 1 aliphatic heterocycles. The predicted octanol–water partition coefficient (Wildman–Crippen LogP) is 9.82. The summed E-state index contributed by atoms with van der Waals surface area (Å²) in [6.07, 6.45) is 23.2. The van der Waals surface area contributed by atoms with Crippen molar-refractivity contribution in [3.05, 3.63) is 0 Å². The van der Waals surface area contributed by atoms with Crippen LogP contribution in [0.4, 0.5) is 0 Å². The summed E-state index contributed by atoms with van der Waals surface area (Å²) in [6, 6.07) is 0.795. The van der Waals surface area contributed by atoms with Crippen molar-refractivity contribution < 1.29 is 4.65 Å². The van der Waals surface area contributed by atoms with Crippen molar-refractivity contribution in [3.8, 4) is 0 Å². The van der Waals surface area contributed by atoms with Crippen LogP contribution >= 0.6 is 11.6 Å². The first-order valence-corrected chi connectivity index (χ1v) is 18.2. The Hall–Kier alpha value is 0.492. The Bertz CT molecular complexity index is 540. The van der Waals surface area contributed by atoms with Gasteiger partial charge in [-0.25, -0.2) is 0 Å². The SMILES string of the molecule is CCCCCCCCCCCCOB1N([Si](C)(C)C(C)(C)C)[C@@H]2CC[C@]12CCCCCCCl. The van der Waals surface area contributed by atoms with Crippen LogP contribution in [0, 0.1) is 0 Å². The molecule has 1 aliphatic carbocycles. The van der Waals surface area contributed by atoms with E-state index < -0.39 is 8.24 Å². The molecule has 194 valence electrons. The molecule has 1 saturated heterocycles. The van der Waals surface area contributed by atoms with Crippen LogP contribution in [0.15, 0.2) is 0 Å². The van der Waals surface area contributed by atoms with Gasteiger partial charge in [0.25, 0.3) is 0 Å². The summed E-state index contributed by atoms with van der Waals surface area (Å²) in [4.78, 5) is 0. The molecule has 2 rings (SSSR count). The molecule has 0 bridgehead atoms. The monoisotopic (exact) mass is 497 g/mol. The summed E-state index contributed by atoms with van der Waals surface area (Å²) in [7, 11) is -1.16. The van der Waals surface area contributed by atoms with Crippen molar-refractivity contribution in [2.45, 2.75) is 166 Å². The van der Waals surface area contributed by atoms with Gasteiger partial charge in [0.2, 0.25) is 0 Å². The number of halogens is 1. The molecule has 5 heteroatoms. The van der Waals surface area contributed by atoms with Gasteiger partial charge in [-0.15, -0.1) is 11.6 Å². The summed E-state index contributed by atoms with van der Waals surface area (Å²) in [5, 5.41) is 0.850. The molecule has 0 aromatic rings. The first-order chi connectivity index (χ1) is 15.7. The molecule has 0 aromatic carbocycles. The van der Waals surface area contributed by atoms with Crippen molar-refractivity contribution in [2.75, 3.05) is 12.5 Å². The van der Waals surface area contributed by atoms with E-state index in [1.54, 1.807) is 0 Å². The standard InChI is InChI=1S/C28H57BClNOSi/c1-7-8-9-10-11-12-13-14-17-20-25-32-29-28(22-18-15-16-19-24-30)23-21-26(28)31(29)33(5,6)27(2,3)4/h26H,7-25H2,1-6H3/t26-,28+/m1/s1. The molecule has 1 heterocycles. The van der Waals surface area contributed by atoms with Gasteiger partial charge in [0.05, 0.1) is 0 Å². The first-order valence-electron chi connectivity index (χ1n) is 14.7. The summed E-state index contributed by atoms with van der Waals surface area (Å²) in [5.41, 5.74) is 0. The number of fused-ring (bicyclic) bond motifs is 1. The number of rotatable bonds is 19. The molecule has 33 heavy (non-hydrogen) atoms. The highest BCUT2D eigenvalue weighted by Gasteiger charge is 2.72. The van der Waals surface area contributed by atoms with E-state index in [0.29, 0.717) is 17.4 Å². The minimum absolute atomic E-state index is 0.383. The lowest BCUT2D eigenvalue weighted by atomic mass is 9.32. The van der Waals surface area contributed by atoms with E-state index in [2.05, 4.69) is 45.3 Å². The van der Waals surface area contributed by atoms with E-state index >= 15 is 0 Å². The Morgan fingerprint density at radius 1 is 0.879 bits per heavy atom. The summed E-state index contributed by atoms with van der Waals surface area (Å²) in [6.45, 7) is 15.8. The highest BCUT2D eigenvalue weighted by molar-refractivity contribution is 6.87. The number of unbranched alkanes of at least 4 members (excludes halogenated alkanes) is 12. The molecule has 1 saturated carbocycles. The average molecular weight is 498 g/mol. The Morgan fingerprint density at radius 2 is 1.42 bits per heavy atom. The van der Waals surface area contributed by atoms with Crippen LogP contribution in [0.2, 0.25) is 23.4 Å². The minimum atomic E-state index is -1.55. The maximum Gasteiger partial charge on any atom is 0.383 e. The van der Waals surface area contributed by atoms with Gasteiger partial charge in [-0.1, -0.05) is 118 Å². The van der Waals surface area contributed by atoms with E-state index in [1.165, 1.54) is 109 Å². The predicted molar refractivity (Wildman–Crippen MR) is 152 cm³/mol. The van der Waals surface area contributed by atoms with Crippen LogP contribution in [0.1, 0.15) is 137 Å². The maximum absolute atomic E-state index is 6.80. The quantitative estimate of drug-likeness (QED) is 0.0999. The second kappa shape index (κ2) is 14.3. The number of hydrogen-bond acceptors (Lipinski definition) is 2. The topological polar surface area (TPSA) is 12.5 Å². The highest BCUT2D eigenvalue weighted by Crippen LogP contribution is 2.68. The van der Waals surface area contributed by atoms with E-state index in [4.69, 9.17) is 16.3 Å². The van der Waals surface area contributed by atoms with Crippen molar-refractivity contribution in [1.82, 2.24) is 4.48 Å². The molecular formula is C28H57BClNOSi. The number of hydrogen-bond donors (Lipinski definition) is 0. The van der Waals surface area contributed by atoms with Crippen LogP contribution in [-0.4, -0.2) is 38.3 Å². The zero-order valence-electron chi connectivity index (χ0n) is 23.3. The molecule has 0 radical (unpaired) electrons. The molecule has 0 N–H and O–H groups in total. The lowest BCUT2D eigenvalue weighted by molar-refractivity contribution is 0.0469. The third-order valence-electron chi connectivity index (χ3n) is 9.41. The largest absolute Gasteiger partial charge is 0.421 e. The molecule has 0 spiro atoms. The number of alkyl halides is 1. The molecule has 2 fully saturated rings. The molecule has 2 nitrogen and oxygen atoms in total. The molecule has 2 aliphatic rings. The van der Waals surface area contributed by atoms with Crippen LogP contribution in [0.3, 0.4) is 0 Å². The molecule has 0 aromatic heterocycles. The fourth-order valence-corrected chi connectivity index (χ4v) is 9.17. The van der Waals surface area contributed by atoms with Gasteiger partial charge in [0.15, 0.2) is 0 Å². The van der Waals surface area contributed by atoms with Crippen LogP contribution in [0.25, 0.3) is 0 Å². The summed E-state index contributed by atoms with van der Waals surface area (Å²) in [5.74, 6) is 0.817. The Morgan fingerprint density at radius 3 is 1.94 bits per heavy atom. The zero-order chi connectivity index (χ0) is 24.4. The van der Waals surface area contributed by atoms with Gasteiger partial charge in [-0.3, -0.25) is 0 Å². The van der Waals surface area contributed by atoms with E-state index in [0.717, 1.165) is 18.5 Å². The number of nitrogens with zero attached hydrogens (tertiary/aromatic N) is 1. The Balaban J connectivity index is 1.78. The Labute approximate surface area is 214 Å². The second-order valence-electron chi connectivity index (χ2n) is 12.8. The lowest BCUT2D eigenvalue weighted by Crippen LogP contribution is -2.83. The summed E-state index contributed by atoms with van der Waals surface area (Å²) >= 11 is 5.89. The molecule has 0 amide bonds. The zero-order valence-corrected chi connectivity index (χ0v) is 25.1. The van der Waals surface area contributed by atoms with Gasteiger partial charge in [-0.05, 0) is 43.2 Å². The van der Waals surface area contributed by atoms with Crippen molar-refractivity contribution in [3.63, 3.8) is 0 Å². The molecule has 0 unspecified atom stereocenters. The van der Waals surface area contributed by atoms with Gasteiger partial charge in [0.1, 0.15) is 8.24 Å². The van der Waals surface area contributed by atoms with E-state index in [-0.39, 0.29) is 0 Å². The van der Waals surface area contributed by atoms with E-state index in [1.807, 2.05) is 0 Å². The van der Waals surface area contributed by atoms with Gasteiger partial charge < -0.3 is 9.13 Å².